The van der Waals surface area contributed by atoms with Crippen LogP contribution < -0.4 is 30.2 Å². The summed E-state index contributed by atoms with van der Waals surface area (Å²) in [6.45, 7) is 21.9. The number of carbonyl (C=O) groups excluding carboxylic acids is 1. The van der Waals surface area contributed by atoms with Crippen LogP contribution in [0.25, 0.3) is 0 Å². The molecular weight excluding hydrogens is 1550 g/mol. The zero-order valence-corrected chi connectivity index (χ0v) is 70.7. The minimum Gasteiger partial charge on any atom is -0.462 e. The zero-order chi connectivity index (χ0) is 82.3. The van der Waals surface area contributed by atoms with Crippen LogP contribution in [0.2, 0.25) is 0 Å². The largest absolute Gasteiger partial charge is 0.462 e. The van der Waals surface area contributed by atoms with Gasteiger partial charge in [0.1, 0.15) is 17.2 Å². The van der Waals surface area contributed by atoms with Crippen LogP contribution >= 0.6 is 35.3 Å². The minimum atomic E-state index is -3.18. The number of benzene rings is 6. The molecule has 9 aromatic rings. The number of thioether (sulfide) groups is 3. The van der Waals surface area contributed by atoms with Crippen LogP contribution in [0.3, 0.4) is 0 Å². The van der Waals surface area contributed by atoms with Gasteiger partial charge in [-0.1, -0.05) is 36.4 Å². The number of nitro groups is 1. The molecule has 0 aliphatic carbocycles. The number of nitrogens with one attached hydrogen (secondary N) is 3. The Bertz CT molecular complexity index is 5290. The number of aryl methyl sites for hydroxylation is 9. The fourth-order valence-electron chi connectivity index (χ4n) is 15.4. The van der Waals surface area contributed by atoms with Gasteiger partial charge in [-0.05, 0) is 254 Å². The fraction of sp³-hybridized carbons (Fsp3) is 0.409. The molecule has 25 nitrogen and oxygen atoms in total. The molecular formula is C88H98N16O9S4. The molecule has 29 heteroatoms. The quantitative estimate of drug-likeness (QED) is 0.0322. The van der Waals surface area contributed by atoms with Crippen molar-refractivity contribution in [2.45, 2.75) is 183 Å². The van der Waals surface area contributed by atoms with E-state index in [1.165, 1.54) is 6.26 Å². The van der Waals surface area contributed by atoms with E-state index in [1.54, 1.807) is 65.6 Å². The molecule has 0 amide bonds. The predicted octanol–water partition coefficient (Wildman–Crippen LogP) is 17.1. The molecule has 9 heterocycles. The van der Waals surface area contributed by atoms with Gasteiger partial charge < -0.3 is 34.9 Å². The van der Waals surface area contributed by atoms with E-state index >= 15 is 0 Å². The van der Waals surface area contributed by atoms with E-state index in [0.29, 0.717) is 69.2 Å². The zero-order valence-electron chi connectivity index (χ0n) is 67.4. The number of nitro benzene ring substituents is 1. The lowest BCUT2D eigenvalue weighted by Gasteiger charge is -2.32. The number of non-ortho nitro benzene ring substituents is 1. The summed E-state index contributed by atoms with van der Waals surface area (Å²) in [5.41, 5.74) is 14.4. The first-order valence-corrected chi connectivity index (χ1v) is 44.8. The van der Waals surface area contributed by atoms with E-state index in [0.717, 1.165) is 252 Å². The Kier molecular flexibility index (Phi) is 28.3. The first-order valence-electron chi connectivity index (χ1n) is 40.0. The first-order chi connectivity index (χ1) is 56.5. The van der Waals surface area contributed by atoms with Gasteiger partial charge in [-0.2, -0.15) is 30.7 Å². The summed E-state index contributed by atoms with van der Waals surface area (Å²) < 4.78 is 47.8. The van der Waals surface area contributed by atoms with Gasteiger partial charge in [0, 0.05) is 95.4 Å². The number of carbonyl (C=O) groups is 1. The van der Waals surface area contributed by atoms with Crippen LogP contribution in [-0.2, 0) is 53.5 Å². The Balaban J connectivity index is 0.000000152. The van der Waals surface area contributed by atoms with Crippen LogP contribution in [0.1, 0.15) is 159 Å². The number of likely N-dealkylation sites (tertiary alicyclic amines) is 3. The number of sulfone groups is 1. The third-order valence-corrected chi connectivity index (χ3v) is 26.1. The fourth-order valence-corrected chi connectivity index (χ4v) is 19.1. The molecule has 608 valence electrons. The number of rotatable bonds is 22. The molecule has 6 aromatic carbocycles. The Labute approximate surface area is 697 Å². The van der Waals surface area contributed by atoms with Gasteiger partial charge in [0.2, 0.25) is 35.5 Å². The van der Waals surface area contributed by atoms with E-state index in [9.17, 15) is 39.1 Å². The van der Waals surface area contributed by atoms with Gasteiger partial charge in [0.15, 0.2) is 9.84 Å². The molecule has 0 saturated carbocycles. The van der Waals surface area contributed by atoms with E-state index in [1.807, 2.05) is 121 Å². The van der Waals surface area contributed by atoms with Crippen molar-refractivity contribution in [2.24, 2.45) is 0 Å². The summed E-state index contributed by atoms with van der Waals surface area (Å²) in [4.78, 5) is 62.3. The summed E-state index contributed by atoms with van der Waals surface area (Å²) in [6, 6.07) is 40.2. The number of hydrogen-bond donors (Lipinski definition) is 3. The second kappa shape index (κ2) is 39.2. The monoisotopic (exact) mass is 1650 g/mol. The average molecular weight is 1650 g/mol. The molecule has 0 radical (unpaired) electrons. The maximum absolute atomic E-state index is 12.1. The van der Waals surface area contributed by atoms with Crippen LogP contribution in [-0.4, -0.2) is 151 Å². The SMILES string of the molecule is CCOC(=O)c1cccc(CN2CCC(Nc3nc4c(c(Oc5c(C)cc(C#N)cc5C)n3)SCCC4)CC2)c1.Cc1cc(C#N)cc(C)c1Oc1nc(NC2CCN(Cc3ccc(S(C)(=O)=O)cc3)CC2)nc2c1SCCC2.Cc1cc(C#N)cc(C)c1Oc1nc(NC2CCN(Cc3ccc([N+](=O)[O-])cc3)CC2)nc2c1SCCC2. The van der Waals surface area contributed by atoms with Crippen LogP contribution in [0, 0.1) is 85.7 Å². The van der Waals surface area contributed by atoms with Gasteiger partial charge in [-0.15, -0.1) is 35.3 Å². The smallest absolute Gasteiger partial charge is 0.338 e. The number of fused-ring (bicyclic) bond motifs is 3. The van der Waals surface area contributed by atoms with E-state index in [-0.39, 0.29) is 34.7 Å². The summed E-state index contributed by atoms with van der Waals surface area (Å²) >= 11 is 5.23. The van der Waals surface area contributed by atoms with Crippen molar-refractivity contribution in [3.05, 3.63) is 209 Å². The number of piperidine rings is 3. The highest BCUT2D eigenvalue weighted by Gasteiger charge is 2.30. The highest BCUT2D eigenvalue weighted by atomic mass is 32.2. The molecule has 6 aliphatic rings. The highest BCUT2D eigenvalue weighted by Crippen LogP contribution is 2.44. The topological polar surface area (TPSA) is 326 Å². The van der Waals surface area contributed by atoms with Crippen molar-refractivity contribution in [3.8, 4) is 53.1 Å². The lowest BCUT2D eigenvalue weighted by Crippen LogP contribution is -2.39. The van der Waals surface area contributed by atoms with Crippen molar-refractivity contribution in [3.63, 3.8) is 0 Å². The maximum atomic E-state index is 12.1. The van der Waals surface area contributed by atoms with E-state index in [2.05, 4.69) is 54.9 Å². The van der Waals surface area contributed by atoms with Crippen molar-refractivity contribution in [1.82, 2.24) is 44.6 Å². The van der Waals surface area contributed by atoms with E-state index < -0.39 is 9.84 Å². The normalized spacial score (nSPS) is 16.0. The van der Waals surface area contributed by atoms with Crippen molar-refractivity contribution in [2.75, 3.05) is 85.3 Å². The van der Waals surface area contributed by atoms with Crippen LogP contribution in [0.15, 0.2) is 129 Å². The number of ether oxygens (including phenoxy) is 4. The summed E-state index contributed by atoms with van der Waals surface area (Å²) in [7, 11) is -3.18. The number of esters is 1. The molecule has 0 spiro atoms. The van der Waals surface area contributed by atoms with Gasteiger partial charge in [-0.25, -0.2) is 28.2 Å². The molecule has 0 bridgehead atoms. The summed E-state index contributed by atoms with van der Waals surface area (Å²) in [6.07, 6.45) is 12.9. The lowest BCUT2D eigenvalue weighted by molar-refractivity contribution is -0.384. The van der Waals surface area contributed by atoms with Crippen molar-refractivity contribution < 1.29 is 37.1 Å². The molecule has 0 unspecified atom stereocenters. The summed E-state index contributed by atoms with van der Waals surface area (Å²) in [5, 5.41) is 49.5. The molecule has 3 fully saturated rings. The lowest BCUT2D eigenvalue weighted by atomic mass is 10.0. The average Bonchev–Trinajstić information content (AvgIpc) is 0.798. The Morgan fingerprint density at radius 3 is 1.15 bits per heavy atom. The van der Waals surface area contributed by atoms with E-state index in [4.69, 9.17) is 48.9 Å². The minimum absolute atomic E-state index is 0.118. The van der Waals surface area contributed by atoms with Gasteiger partial charge in [-0.3, -0.25) is 24.8 Å². The predicted molar refractivity (Wildman–Crippen MR) is 456 cm³/mol. The second-order valence-electron chi connectivity index (χ2n) is 30.5. The number of nitrogens with zero attached hydrogens (tertiary/aromatic N) is 13. The van der Waals surface area contributed by atoms with Crippen molar-refractivity contribution in [1.29, 1.82) is 15.8 Å². The summed E-state index contributed by atoms with van der Waals surface area (Å²) in [5.74, 6) is 8.56. The van der Waals surface area contributed by atoms with Crippen LogP contribution in [0.4, 0.5) is 23.5 Å². The molecule has 15 rings (SSSR count). The Morgan fingerprint density at radius 2 is 0.829 bits per heavy atom. The molecule has 3 saturated heterocycles. The highest BCUT2D eigenvalue weighted by molar-refractivity contribution is 8.00. The number of nitriles is 3. The maximum Gasteiger partial charge on any atom is 0.338 e. The Hall–Kier alpha value is -10.4. The van der Waals surface area contributed by atoms with Gasteiger partial charge in [0.05, 0.1) is 88.7 Å². The van der Waals surface area contributed by atoms with Crippen molar-refractivity contribution >= 4 is 74.6 Å². The Morgan fingerprint density at radius 1 is 0.496 bits per heavy atom. The van der Waals surface area contributed by atoms with Gasteiger partial charge >= 0.3 is 5.97 Å². The standard InChI is InChI=1S/C31H35N5O3S.C29H33N5O3S2.C28H30N6O3S/c1-4-38-30(37)24-8-5-7-22(17-24)19-36-12-10-25(11-13-36)33-31-34-26-9-6-14-40-28(26)29(35-31)39-27-20(2)15-23(18-32)16-21(27)3;1-19-15-22(17-30)16-20(2)26(19)37-28-27-25(5-4-14-38-27)32-29(33-28)31-23-10-12-34(13-11-23)18-21-6-8-24(9-7-21)39(3,35)36;1-18-14-21(16-29)15-19(2)25(18)37-27-26-24(4-3-13-38-26)31-28(32-27)30-22-9-11-33(12-10-22)17-20-5-7-23(8-6-20)34(35)36/h5,7-8,15-17,25H,4,6,9-14,19H2,1-3H3,(H,33,34,35);6-9,15-16,23H,4-5,10-14,18H2,1-3H3,(H,31,32,33);5-8,14-15,22H,3-4,9-13,17H2,1-2H3,(H,30,31,32). The molecule has 117 heavy (non-hydrogen) atoms. The molecule has 6 aliphatic heterocycles. The molecule has 3 N–H and O–H groups in total. The van der Waals surface area contributed by atoms with Crippen LogP contribution in [0.5, 0.6) is 34.9 Å². The first kappa shape index (κ1) is 84.5. The number of hydrogen-bond acceptors (Lipinski definition) is 27. The molecule has 3 aromatic heterocycles. The molecule has 0 atom stereocenters. The number of anilines is 3. The van der Waals surface area contributed by atoms with Gasteiger partial charge in [0.25, 0.3) is 5.69 Å². The third-order valence-electron chi connectivity index (χ3n) is 21.4. The number of aromatic nitrogens is 6. The second-order valence-corrected chi connectivity index (χ2v) is 35.9. The third kappa shape index (κ3) is 22.3.